The summed E-state index contributed by atoms with van der Waals surface area (Å²) in [5.41, 5.74) is 0.429. The van der Waals surface area contributed by atoms with Crippen LogP contribution in [0.5, 0.6) is 0 Å². The van der Waals surface area contributed by atoms with Crippen LogP contribution in [-0.2, 0) is 4.79 Å². The van der Waals surface area contributed by atoms with Gasteiger partial charge in [0, 0.05) is 22.6 Å². The minimum atomic E-state index is -0.933. The molecule has 2 fully saturated rings. The lowest BCUT2D eigenvalue weighted by atomic mass is 10.2. The topological polar surface area (TPSA) is 70.5 Å². The van der Waals surface area contributed by atoms with Crippen LogP contribution in [0.2, 0.25) is 0 Å². The van der Waals surface area contributed by atoms with Gasteiger partial charge in [0.15, 0.2) is 0 Å². The van der Waals surface area contributed by atoms with E-state index in [1.807, 2.05) is 0 Å². The van der Waals surface area contributed by atoms with E-state index in [2.05, 4.69) is 20.9 Å². The van der Waals surface area contributed by atoms with E-state index in [4.69, 9.17) is 0 Å². The third-order valence-electron chi connectivity index (χ3n) is 3.53. The Kier molecular flexibility index (Phi) is 3.72. The zero-order chi connectivity index (χ0) is 14.3. The summed E-state index contributed by atoms with van der Waals surface area (Å²) >= 11 is 4.86. The zero-order valence-electron chi connectivity index (χ0n) is 10.5. The van der Waals surface area contributed by atoms with Crippen LogP contribution in [-0.4, -0.2) is 44.0 Å². The third kappa shape index (κ3) is 2.56. The molecule has 1 saturated carbocycles. The van der Waals surface area contributed by atoms with Gasteiger partial charge in [0.25, 0.3) is 5.91 Å². The number of thioether (sulfide) groups is 1. The first-order chi connectivity index (χ1) is 9.58. The molecule has 106 valence electrons. The number of hydrogen-bond acceptors (Lipinski definition) is 4. The molecule has 7 heteroatoms. The number of rotatable bonds is 3. The Morgan fingerprint density at radius 3 is 2.75 bits per heavy atom. The average molecular weight is 357 g/mol. The minimum Gasteiger partial charge on any atom is -0.480 e. The number of nitrogens with zero attached hydrogens (tertiary/aromatic N) is 2. The molecule has 2 heterocycles. The molecule has 1 amide bonds. The van der Waals surface area contributed by atoms with Crippen LogP contribution < -0.4 is 0 Å². The summed E-state index contributed by atoms with van der Waals surface area (Å²) in [6.45, 7) is 0. The normalized spacial score (nSPS) is 25.8. The molecule has 0 radical (unpaired) electrons. The highest BCUT2D eigenvalue weighted by molar-refractivity contribution is 9.10. The van der Waals surface area contributed by atoms with Gasteiger partial charge in [-0.05, 0) is 40.8 Å². The Morgan fingerprint density at radius 2 is 2.15 bits per heavy atom. The predicted molar refractivity (Wildman–Crippen MR) is 78.5 cm³/mol. The van der Waals surface area contributed by atoms with Crippen LogP contribution in [0.25, 0.3) is 0 Å². The van der Waals surface area contributed by atoms with Crippen molar-refractivity contribution >= 4 is 39.6 Å². The van der Waals surface area contributed by atoms with Crippen LogP contribution >= 0.6 is 27.7 Å². The Balaban J connectivity index is 1.90. The average Bonchev–Trinajstić information content (AvgIpc) is 3.16. The van der Waals surface area contributed by atoms with Crippen molar-refractivity contribution in [1.29, 1.82) is 0 Å². The number of carbonyl (C=O) groups excluding carboxylic acids is 1. The van der Waals surface area contributed by atoms with Crippen LogP contribution in [0, 0.1) is 5.92 Å². The van der Waals surface area contributed by atoms with Crippen LogP contribution in [0.1, 0.15) is 23.2 Å². The number of pyridine rings is 1. The fourth-order valence-corrected chi connectivity index (χ4v) is 4.39. The maximum atomic E-state index is 12.6. The van der Waals surface area contributed by atoms with Crippen molar-refractivity contribution in [2.45, 2.75) is 24.3 Å². The van der Waals surface area contributed by atoms with E-state index in [0.717, 1.165) is 12.8 Å². The lowest BCUT2D eigenvalue weighted by Gasteiger charge is -2.27. The lowest BCUT2D eigenvalue weighted by Crippen LogP contribution is -2.46. The number of aliphatic carboxylic acids is 1. The van der Waals surface area contributed by atoms with Crippen molar-refractivity contribution < 1.29 is 14.7 Å². The maximum Gasteiger partial charge on any atom is 0.327 e. The molecule has 1 aliphatic carbocycles. The van der Waals surface area contributed by atoms with Gasteiger partial charge in [-0.15, -0.1) is 11.8 Å². The van der Waals surface area contributed by atoms with Crippen molar-refractivity contribution in [3.63, 3.8) is 0 Å². The van der Waals surface area contributed by atoms with Crippen molar-refractivity contribution in [3.05, 3.63) is 28.5 Å². The molecule has 20 heavy (non-hydrogen) atoms. The smallest absolute Gasteiger partial charge is 0.327 e. The Bertz CT molecular complexity index is 564. The van der Waals surface area contributed by atoms with Crippen molar-refractivity contribution in [2.75, 3.05) is 5.75 Å². The Morgan fingerprint density at radius 1 is 1.40 bits per heavy atom. The highest BCUT2D eigenvalue weighted by atomic mass is 79.9. The third-order valence-corrected chi connectivity index (χ3v) is 5.43. The highest BCUT2D eigenvalue weighted by Gasteiger charge is 2.48. The fraction of sp³-hybridized carbons (Fsp3) is 0.462. The second-order valence-electron chi connectivity index (χ2n) is 5.02. The van der Waals surface area contributed by atoms with E-state index in [9.17, 15) is 14.7 Å². The molecule has 0 aromatic carbocycles. The molecule has 1 N–H and O–H groups in total. The summed E-state index contributed by atoms with van der Waals surface area (Å²) in [7, 11) is 0. The predicted octanol–water partition coefficient (Wildman–Crippen LogP) is 2.22. The molecule has 1 aliphatic heterocycles. The Hall–Kier alpha value is -1.08. The van der Waals surface area contributed by atoms with Gasteiger partial charge in [0.2, 0.25) is 0 Å². The molecule has 0 spiro atoms. The first-order valence-electron chi connectivity index (χ1n) is 6.35. The molecule has 3 rings (SSSR count). The van der Waals surface area contributed by atoms with Crippen molar-refractivity contribution in [1.82, 2.24) is 9.88 Å². The molecule has 2 unspecified atom stereocenters. The molecule has 1 saturated heterocycles. The molecule has 1 aromatic heterocycles. The molecule has 0 bridgehead atoms. The molecule has 5 nitrogen and oxygen atoms in total. The quantitative estimate of drug-likeness (QED) is 0.898. The van der Waals surface area contributed by atoms with Gasteiger partial charge in [-0.25, -0.2) is 4.79 Å². The van der Waals surface area contributed by atoms with Crippen molar-refractivity contribution in [3.8, 4) is 0 Å². The summed E-state index contributed by atoms with van der Waals surface area (Å²) in [6, 6.07) is 0.943. The number of carboxylic acid groups (broad SMARTS) is 1. The van der Waals surface area contributed by atoms with Gasteiger partial charge in [-0.3, -0.25) is 9.78 Å². The number of aromatic nitrogens is 1. The molecular formula is C13H13BrN2O3S. The standard InChI is InChI=1S/C13H13BrN2O3S/c14-9-3-8(4-15-5-9)11(17)16-10(13(18)19)6-20-12(16)7-1-2-7/h3-5,7,10,12H,1-2,6H2,(H,18,19). The second-order valence-corrected chi connectivity index (χ2v) is 7.08. The number of carbonyl (C=O) groups is 2. The number of carboxylic acids is 1. The van der Waals surface area contributed by atoms with Crippen LogP contribution in [0.15, 0.2) is 22.9 Å². The monoisotopic (exact) mass is 356 g/mol. The van der Waals surface area contributed by atoms with Gasteiger partial charge >= 0.3 is 5.97 Å². The second kappa shape index (κ2) is 5.37. The van der Waals surface area contributed by atoms with E-state index in [0.29, 0.717) is 21.7 Å². The summed E-state index contributed by atoms with van der Waals surface area (Å²) in [4.78, 5) is 29.5. The first kappa shape index (κ1) is 13.9. The molecule has 1 aromatic rings. The molecule has 2 atom stereocenters. The SMILES string of the molecule is O=C(O)C1CSC(C2CC2)N1C(=O)c1cncc(Br)c1. The number of amides is 1. The minimum absolute atomic E-state index is 0.0115. The van der Waals surface area contributed by atoms with Gasteiger partial charge in [0.1, 0.15) is 6.04 Å². The summed E-state index contributed by atoms with van der Waals surface area (Å²) in [5, 5.41) is 9.31. The largest absolute Gasteiger partial charge is 0.480 e. The van der Waals surface area contributed by atoms with Crippen molar-refractivity contribution in [2.24, 2.45) is 5.92 Å². The number of halogens is 1. The first-order valence-corrected chi connectivity index (χ1v) is 8.19. The van der Waals surface area contributed by atoms with Gasteiger partial charge in [-0.1, -0.05) is 0 Å². The van der Waals surface area contributed by atoms with E-state index in [-0.39, 0.29) is 11.3 Å². The Labute approximate surface area is 128 Å². The lowest BCUT2D eigenvalue weighted by molar-refractivity contribution is -0.141. The van der Waals surface area contributed by atoms with E-state index in [1.54, 1.807) is 24.0 Å². The molecule has 2 aliphatic rings. The molecular weight excluding hydrogens is 344 g/mol. The van der Waals surface area contributed by atoms with Gasteiger partial charge in [0.05, 0.1) is 10.9 Å². The van der Waals surface area contributed by atoms with E-state index >= 15 is 0 Å². The van der Waals surface area contributed by atoms with Gasteiger partial charge in [-0.2, -0.15) is 0 Å². The fourth-order valence-electron chi connectivity index (χ4n) is 2.40. The summed E-state index contributed by atoms with van der Waals surface area (Å²) < 4.78 is 0.713. The van der Waals surface area contributed by atoms with Crippen LogP contribution in [0.4, 0.5) is 0 Å². The maximum absolute atomic E-state index is 12.6. The zero-order valence-corrected chi connectivity index (χ0v) is 12.9. The van der Waals surface area contributed by atoms with E-state index < -0.39 is 12.0 Å². The highest BCUT2D eigenvalue weighted by Crippen LogP contribution is 2.45. The van der Waals surface area contributed by atoms with E-state index in [1.165, 1.54) is 11.1 Å². The summed E-state index contributed by atoms with van der Waals surface area (Å²) in [5.74, 6) is -0.276. The number of hydrogen-bond donors (Lipinski definition) is 1. The summed E-state index contributed by atoms with van der Waals surface area (Å²) in [6.07, 6.45) is 5.23. The van der Waals surface area contributed by atoms with Crippen LogP contribution in [0.3, 0.4) is 0 Å². The van der Waals surface area contributed by atoms with Gasteiger partial charge < -0.3 is 10.0 Å².